The highest BCUT2D eigenvalue weighted by Crippen LogP contribution is 2.21. The molecule has 6 nitrogen and oxygen atoms in total. The van der Waals surface area contributed by atoms with Crippen LogP contribution < -0.4 is 10.2 Å². The van der Waals surface area contributed by atoms with Gasteiger partial charge in [0.2, 0.25) is 6.23 Å². The summed E-state index contributed by atoms with van der Waals surface area (Å²) in [6.45, 7) is 6.05. The highest BCUT2D eigenvalue weighted by atomic mass is 16.7. The van der Waals surface area contributed by atoms with Crippen LogP contribution in [0.15, 0.2) is 53.7 Å². The fourth-order valence-corrected chi connectivity index (χ4v) is 3.02. The molecule has 0 fully saturated rings. The van der Waals surface area contributed by atoms with E-state index in [0.717, 1.165) is 29.5 Å². The molecule has 0 aromatic heterocycles. The topological polar surface area (TPSA) is 63.2 Å². The van der Waals surface area contributed by atoms with Crippen LogP contribution in [0.5, 0.6) is 5.75 Å². The molecular weight excluding hydrogens is 342 g/mol. The van der Waals surface area contributed by atoms with Gasteiger partial charge in [-0.15, -0.1) is 0 Å². The first-order valence-electron chi connectivity index (χ1n) is 9.16. The van der Waals surface area contributed by atoms with Crippen LogP contribution in [0.1, 0.15) is 36.5 Å². The SMILES string of the molecule is CCC[C@@H]1ON=C(c2cc(C)cc(C)c2)N1NC(=O)COc1ccccc1. The summed E-state index contributed by atoms with van der Waals surface area (Å²) >= 11 is 0. The fraction of sp³-hybridized carbons (Fsp3) is 0.333. The molecule has 0 saturated heterocycles. The van der Waals surface area contributed by atoms with Gasteiger partial charge in [-0.25, -0.2) is 5.01 Å². The number of nitrogens with zero attached hydrogens (tertiary/aromatic N) is 2. The predicted molar refractivity (Wildman–Crippen MR) is 104 cm³/mol. The second kappa shape index (κ2) is 8.58. The van der Waals surface area contributed by atoms with Crippen LogP contribution in [0.25, 0.3) is 0 Å². The molecule has 2 aromatic carbocycles. The van der Waals surface area contributed by atoms with Crippen LogP contribution in [0.2, 0.25) is 0 Å². The molecule has 0 bridgehead atoms. The molecular formula is C21H25N3O3. The molecule has 1 amide bonds. The monoisotopic (exact) mass is 367 g/mol. The quantitative estimate of drug-likeness (QED) is 0.813. The molecule has 6 heteroatoms. The molecule has 1 aliphatic rings. The number of hydrogen-bond acceptors (Lipinski definition) is 5. The summed E-state index contributed by atoms with van der Waals surface area (Å²) in [4.78, 5) is 18.0. The smallest absolute Gasteiger partial charge is 0.276 e. The number of carbonyl (C=O) groups is 1. The maximum atomic E-state index is 12.4. The zero-order valence-electron chi connectivity index (χ0n) is 15.9. The lowest BCUT2D eigenvalue weighted by molar-refractivity contribution is -0.130. The maximum Gasteiger partial charge on any atom is 0.276 e. The molecule has 0 spiro atoms. The van der Waals surface area contributed by atoms with E-state index in [0.29, 0.717) is 11.6 Å². The van der Waals surface area contributed by atoms with Crippen molar-refractivity contribution in [2.75, 3.05) is 6.61 Å². The minimum atomic E-state index is -0.327. The zero-order chi connectivity index (χ0) is 19.2. The Morgan fingerprint density at radius 1 is 1.19 bits per heavy atom. The van der Waals surface area contributed by atoms with E-state index in [-0.39, 0.29) is 18.7 Å². The van der Waals surface area contributed by atoms with Crippen molar-refractivity contribution in [1.29, 1.82) is 0 Å². The van der Waals surface area contributed by atoms with Crippen molar-refractivity contribution in [3.05, 3.63) is 65.2 Å². The second-order valence-corrected chi connectivity index (χ2v) is 6.65. The molecule has 0 radical (unpaired) electrons. The molecule has 0 saturated carbocycles. The Morgan fingerprint density at radius 3 is 2.56 bits per heavy atom. The summed E-state index contributed by atoms with van der Waals surface area (Å²) in [5.74, 6) is 0.995. The fourth-order valence-electron chi connectivity index (χ4n) is 3.02. The van der Waals surface area contributed by atoms with Crippen LogP contribution in [-0.4, -0.2) is 29.6 Å². The molecule has 27 heavy (non-hydrogen) atoms. The molecule has 3 rings (SSSR count). The van der Waals surface area contributed by atoms with Gasteiger partial charge in [0.05, 0.1) is 0 Å². The third-order valence-electron chi connectivity index (χ3n) is 4.15. The van der Waals surface area contributed by atoms with Crippen LogP contribution in [-0.2, 0) is 9.63 Å². The van der Waals surface area contributed by atoms with Gasteiger partial charge in [-0.05, 0) is 38.1 Å². The average molecular weight is 367 g/mol. The number of hydrazine groups is 1. The summed E-state index contributed by atoms with van der Waals surface area (Å²) in [7, 11) is 0. The lowest BCUT2D eigenvalue weighted by atomic mass is 10.1. The Labute approximate surface area is 159 Å². The van der Waals surface area contributed by atoms with Gasteiger partial charge in [-0.2, -0.15) is 0 Å². The Balaban J connectivity index is 1.72. The molecule has 142 valence electrons. The molecule has 1 N–H and O–H groups in total. The van der Waals surface area contributed by atoms with Crippen molar-refractivity contribution < 1.29 is 14.4 Å². The van der Waals surface area contributed by atoms with Gasteiger partial charge in [-0.3, -0.25) is 10.2 Å². The van der Waals surface area contributed by atoms with Crippen molar-refractivity contribution >= 4 is 11.7 Å². The number of rotatable bonds is 7. The maximum absolute atomic E-state index is 12.4. The van der Waals surface area contributed by atoms with Crippen LogP contribution in [0.3, 0.4) is 0 Å². The van der Waals surface area contributed by atoms with Gasteiger partial charge in [-0.1, -0.05) is 53.9 Å². The first-order valence-corrected chi connectivity index (χ1v) is 9.16. The Morgan fingerprint density at radius 2 is 1.89 bits per heavy atom. The normalized spacial score (nSPS) is 15.9. The average Bonchev–Trinajstić information content (AvgIpc) is 3.03. The van der Waals surface area contributed by atoms with Crippen molar-refractivity contribution in [3.8, 4) is 5.75 Å². The number of oxime groups is 1. The highest BCUT2D eigenvalue weighted by Gasteiger charge is 2.32. The number of ether oxygens (including phenoxy) is 1. The highest BCUT2D eigenvalue weighted by molar-refractivity contribution is 6.00. The van der Waals surface area contributed by atoms with Gasteiger partial charge in [0, 0.05) is 12.0 Å². The van der Waals surface area contributed by atoms with Crippen LogP contribution in [0.4, 0.5) is 0 Å². The predicted octanol–water partition coefficient (Wildman–Crippen LogP) is 3.53. The van der Waals surface area contributed by atoms with Crippen molar-refractivity contribution in [2.45, 2.75) is 39.8 Å². The Hall–Kier alpha value is -3.02. The summed E-state index contributed by atoms with van der Waals surface area (Å²) in [6.07, 6.45) is 1.33. The number of amidine groups is 1. The van der Waals surface area contributed by atoms with Gasteiger partial charge < -0.3 is 9.57 Å². The lowest BCUT2D eigenvalue weighted by Gasteiger charge is -2.25. The third kappa shape index (κ3) is 4.78. The van der Waals surface area contributed by atoms with Crippen molar-refractivity contribution in [1.82, 2.24) is 10.4 Å². The van der Waals surface area contributed by atoms with Gasteiger partial charge in [0.15, 0.2) is 12.4 Å². The molecule has 0 unspecified atom stereocenters. The standard InChI is InChI=1S/C21H25N3O3/c1-4-8-20-24(22-19(25)14-26-18-9-6-5-7-10-18)21(23-27-20)17-12-15(2)11-16(3)13-17/h5-7,9-13,20H,4,8,14H2,1-3H3,(H,22,25)/t20-/m0/s1. The Bertz CT molecular complexity index is 800. The molecule has 0 aliphatic carbocycles. The summed E-state index contributed by atoms with van der Waals surface area (Å²) < 4.78 is 5.53. The molecule has 2 aromatic rings. The number of amides is 1. The van der Waals surface area contributed by atoms with Crippen LogP contribution >= 0.6 is 0 Å². The largest absolute Gasteiger partial charge is 0.484 e. The number of hydrogen-bond donors (Lipinski definition) is 1. The summed E-state index contributed by atoms with van der Waals surface area (Å²) in [6, 6.07) is 15.4. The van der Waals surface area contributed by atoms with E-state index in [9.17, 15) is 4.79 Å². The van der Waals surface area contributed by atoms with Gasteiger partial charge >= 0.3 is 0 Å². The second-order valence-electron chi connectivity index (χ2n) is 6.65. The number of para-hydroxylation sites is 1. The van der Waals surface area contributed by atoms with E-state index < -0.39 is 0 Å². The van der Waals surface area contributed by atoms with E-state index >= 15 is 0 Å². The number of carbonyl (C=O) groups excluding carboxylic acids is 1. The number of aryl methyl sites for hydroxylation is 2. The van der Waals surface area contributed by atoms with Crippen LogP contribution in [0, 0.1) is 13.8 Å². The lowest BCUT2D eigenvalue weighted by Crippen LogP contribution is -2.51. The molecule has 1 atom stereocenters. The van der Waals surface area contributed by atoms with Crippen molar-refractivity contribution in [3.63, 3.8) is 0 Å². The van der Waals surface area contributed by atoms with Crippen molar-refractivity contribution in [2.24, 2.45) is 5.16 Å². The summed E-state index contributed by atoms with van der Waals surface area (Å²) in [5.41, 5.74) is 6.06. The third-order valence-corrected chi connectivity index (χ3v) is 4.15. The van der Waals surface area contributed by atoms with E-state index in [1.807, 2.05) is 56.3 Å². The summed E-state index contributed by atoms with van der Waals surface area (Å²) in [5, 5.41) is 5.93. The number of benzene rings is 2. The van der Waals surface area contributed by atoms with E-state index in [1.54, 1.807) is 5.01 Å². The minimum absolute atomic E-state index is 0.0838. The number of nitrogens with one attached hydrogen (secondary N) is 1. The van der Waals surface area contributed by atoms with Gasteiger partial charge in [0.25, 0.3) is 5.91 Å². The zero-order valence-corrected chi connectivity index (χ0v) is 15.9. The van der Waals surface area contributed by atoms with E-state index in [4.69, 9.17) is 9.57 Å². The van der Waals surface area contributed by atoms with E-state index in [2.05, 4.69) is 23.6 Å². The van der Waals surface area contributed by atoms with E-state index in [1.165, 1.54) is 0 Å². The minimum Gasteiger partial charge on any atom is -0.484 e. The molecule has 1 aliphatic heterocycles. The first kappa shape index (κ1) is 18.8. The molecule has 1 heterocycles. The first-order chi connectivity index (χ1) is 13.1. The van der Waals surface area contributed by atoms with Gasteiger partial charge in [0.1, 0.15) is 5.75 Å². The Kier molecular flexibility index (Phi) is 5.96.